The van der Waals surface area contributed by atoms with Crippen LogP contribution in [0.2, 0.25) is 0 Å². The molecule has 0 saturated heterocycles. The highest BCUT2D eigenvalue weighted by molar-refractivity contribution is 5.91. The number of carbonyl (C=O) groups is 1. The number of urea groups is 1. The standard InChI is InChI=1S/C20H26N2O3/c1-13-6-7-17(18(12-13)24-5)25-9-8-21-20(23)22-19-15(3)10-14(2)11-16(19)4/h6-7,10-12H,8-9H2,1-5H3,(H2,21,22,23). The molecule has 0 heterocycles. The van der Waals surface area contributed by atoms with Crippen LogP contribution in [0.5, 0.6) is 11.5 Å². The fraction of sp³-hybridized carbons (Fsp3) is 0.350. The topological polar surface area (TPSA) is 59.6 Å². The molecule has 5 nitrogen and oxygen atoms in total. The molecule has 0 spiro atoms. The summed E-state index contributed by atoms with van der Waals surface area (Å²) in [5, 5.41) is 5.71. The summed E-state index contributed by atoms with van der Waals surface area (Å²) in [6.07, 6.45) is 0. The van der Waals surface area contributed by atoms with E-state index in [2.05, 4.69) is 22.8 Å². The molecular formula is C20H26N2O3. The lowest BCUT2D eigenvalue weighted by Gasteiger charge is -2.14. The molecule has 2 aromatic carbocycles. The van der Waals surface area contributed by atoms with Crippen LogP contribution in [0.1, 0.15) is 22.3 Å². The lowest BCUT2D eigenvalue weighted by Crippen LogP contribution is -2.32. The molecule has 2 amide bonds. The number of amides is 2. The fourth-order valence-corrected chi connectivity index (χ4v) is 2.75. The van der Waals surface area contributed by atoms with Gasteiger partial charge in [-0.1, -0.05) is 23.8 Å². The largest absolute Gasteiger partial charge is 0.493 e. The van der Waals surface area contributed by atoms with Crippen molar-refractivity contribution in [1.29, 1.82) is 0 Å². The number of aryl methyl sites for hydroxylation is 4. The van der Waals surface area contributed by atoms with Crippen molar-refractivity contribution in [3.8, 4) is 11.5 Å². The van der Waals surface area contributed by atoms with Crippen LogP contribution in [0.25, 0.3) is 0 Å². The first-order chi connectivity index (χ1) is 11.9. The Balaban J connectivity index is 1.84. The summed E-state index contributed by atoms with van der Waals surface area (Å²) < 4.78 is 11.0. The number of anilines is 1. The summed E-state index contributed by atoms with van der Waals surface area (Å²) in [5.74, 6) is 1.36. The van der Waals surface area contributed by atoms with Gasteiger partial charge in [-0.25, -0.2) is 4.79 Å². The Labute approximate surface area is 149 Å². The molecule has 0 atom stereocenters. The van der Waals surface area contributed by atoms with Gasteiger partial charge in [-0.2, -0.15) is 0 Å². The Morgan fingerprint density at radius 2 is 1.64 bits per heavy atom. The van der Waals surface area contributed by atoms with E-state index in [0.717, 1.165) is 22.4 Å². The van der Waals surface area contributed by atoms with E-state index in [-0.39, 0.29) is 6.03 Å². The summed E-state index contributed by atoms with van der Waals surface area (Å²) in [4.78, 5) is 12.1. The van der Waals surface area contributed by atoms with E-state index in [9.17, 15) is 4.79 Å². The van der Waals surface area contributed by atoms with Crippen molar-refractivity contribution >= 4 is 11.7 Å². The van der Waals surface area contributed by atoms with Crippen LogP contribution >= 0.6 is 0 Å². The van der Waals surface area contributed by atoms with Gasteiger partial charge in [0.25, 0.3) is 0 Å². The van der Waals surface area contributed by atoms with E-state index < -0.39 is 0 Å². The maximum atomic E-state index is 12.1. The third-order valence-electron chi connectivity index (χ3n) is 3.88. The molecule has 0 aromatic heterocycles. The number of hydrogen-bond donors (Lipinski definition) is 2. The molecule has 2 rings (SSSR count). The second-order valence-electron chi connectivity index (χ2n) is 6.16. The van der Waals surface area contributed by atoms with Crippen molar-refractivity contribution in [2.24, 2.45) is 0 Å². The van der Waals surface area contributed by atoms with Crippen molar-refractivity contribution in [1.82, 2.24) is 5.32 Å². The van der Waals surface area contributed by atoms with Gasteiger partial charge in [-0.15, -0.1) is 0 Å². The third kappa shape index (κ3) is 5.14. The average Bonchev–Trinajstić information content (AvgIpc) is 2.55. The fourth-order valence-electron chi connectivity index (χ4n) is 2.75. The van der Waals surface area contributed by atoms with E-state index >= 15 is 0 Å². The number of rotatable bonds is 6. The Kier molecular flexibility index (Phi) is 6.28. The second-order valence-corrected chi connectivity index (χ2v) is 6.16. The first-order valence-corrected chi connectivity index (χ1v) is 8.31. The van der Waals surface area contributed by atoms with Gasteiger partial charge >= 0.3 is 6.03 Å². The van der Waals surface area contributed by atoms with Crippen LogP contribution in [-0.2, 0) is 0 Å². The lowest BCUT2D eigenvalue weighted by molar-refractivity contribution is 0.246. The summed E-state index contributed by atoms with van der Waals surface area (Å²) >= 11 is 0. The van der Waals surface area contributed by atoms with E-state index in [0.29, 0.717) is 24.7 Å². The summed E-state index contributed by atoms with van der Waals surface area (Å²) in [7, 11) is 1.61. The smallest absolute Gasteiger partial charge is 0.319 e. The first kappa shape index (κ1) is 18.6. The van der Waals surface area contributed by atoms with Gasteiger partial charge in [0.2, 0.25) is 0 Å². The number of ether oxygens (including phenoxy) is 2. The summed E-state index contributed by atoms with van der Waals surface area (Å²) in [6, 6.07) is 9.60. The first-order valence-electron chi connectivity index (χ1n) is 8.31. The molecule has 0 radical (unpaired) electrons. The zero-order valence-electron chi connectivity index (χ0n) is 15.5. The molecule has 2 aromatic rings. The SMILES string of the molecule is COc1cc(C)ccc1OCCNC(=O)Nc1c(C)cc(C)cc1C. The maximum absolute atomic E-state index is 12.1. The molecule has 25 heavy (non-hydrogen) atoms. The van der Waals surface area contributed by atoms with Crippen LogP contribution in [-0.4, -0.2) is 26.3 Å². The normalized spacial score (nSPS) is 10.3. The molecule has 5 heteroatoms. The van der Waals surface area contributed by atoms with Gasteiger partial charge in [0.15, 0.2) is 11.5 Å². The molecule has 0 fully saturated rings. The van der Waals surface area contributed by atoms with Crippen molar-refractivity contribution in [3.63, 3.8) is 0 Å². The predicted octanol–water partition coefficient (Wildman–Crippen LogP) is 4.13. The molecule has 0 aliphatic carbocycles. The van der Waals surface area contributed by atoms with Gasteiger partial charge in [0.05, 0.1) is 13.7 Å². The van der Waals surface area contributed by atoms with Crippen LogP contribution in [0.15, 0.2) is 30.3 Å². The monoisotopic (exact) mass is 342 g/mol. The minimum atomic E-state index is -0.241. The van der Waals surface area contributed by atoms with Crippen molar-refractivity contribution in [3.05, 3.63) is 52.6 Å². The van der Waals surface area contributed by atoms with E-state index in [4.69, 9.17) is 9.47 Å². The summed E-state index contributed by atoms with van der Waals surface area (Å²) in [6.45, 7) is 8.77. The van der Waals surface area contributed by atoms with Crippen LogP contribution in [0.3, 0.4) is 0 Å². The Bertz CT molecular complexity index is 734. The minimum Gasteiger partial charge on any atom is -0.493 e. The second kappa shape index (κ2) is 8.42. The zero-order valence-corrected chi connectivity index (χ0v) is 15.5. The number of methoxy groups -OCH3 is 1. The summed E-state index contributed by atoms with van der Waals surface area (Å²) in [5.41, 5.74) is 5.23. The number of nitrogens with one attached hydrogen (secondary N) is 2. The molecule has 0 aliphatic heterocycles. The zero-order chi connectivity index (χ0) is 18.4. The van der Waals surface area contributed by atoms with E-state index in [1.807, 2.05) is 45.9 Å². The molecule has 0 saturated carbocycles. The van der Waals surface area contributed by atoms with Crippen LogP contribution in [0.4, 0.5) is 10.5 Å². The highest BCUT2D eigenvalue weighted by Crippen LogP contribution is 2.27. The molecule has 0 unspecified atom stereocenters. The van der Waals surface area contributed by atoms with Gasteiger partial charge in [-0.05, 0) is 56.5 Å². The van der Waals surface area contributed by atoms with Crippen LogP contribution < -0.4 is 20.1 Å². The molecule has 0 aliphatic rings. The van der Waals surface area contributed by atoms with E-state index in [1.54, 1.807) is 7.11 Å². The van der Waals surface area contributed by atoms with E-state index in [1.165, 1.54) is 5.56 Å². The average molecular weight is 342 g/mol. The van der Waals surface area contributed by atoms with Crippen molar-refractivity contribution in [2.45, 2.75) is 27.7 Å². The Hall–Kier alpha value is -2.69. The third-order valence-corrected chi connectivity index (χ3v) is 3.88. The molecule has 2 N–H and O–H groups in total. The molecule has 134 valence electrons. The van der Waals surface area contributed by atoms with Gasteiger partial charge in [-0.3, -0.25) is 0 Å². The number of carbonyl (C=O) groups excluding carboxylic acids is 1. The molecule has 0 bridgehead atoms. The Morgan fingerprint density at radius 3 is 2.28 bits per heavy atom. The number of benzene rings is 2. The highest BCUT2D eigenvalue weighted by atomic mass is 16.5. The Morgan fingerprint density at radius 1 is 0.960 bits per heavy atom. The molecular weight excluding hydrogens is 316 g/mol. The lowest BCUT2D eigenvalue weighted by atomic mass is 10.1. The number of hydrogen-bond acceptors (Lipinski definition) is 3. The highest BCUT2D eigenvalue weighted by Gasteiger charge is 2.08. The van der Waals surface area contributed by atoms with Gasteiger partial charge < -0.3 is 20.1 Å². The van der Waals surface area contributed by atoms with Gasteiger partial charge in [0, 0.05) is 5.69 Å². The van der Waals surface area contributed by atoms with Crippen molar-refractivity contribution in [2.75, 3.05) is 25.6 Å². The van der Waals surface area contributed by atoms with Crippen LogP contribution in [0, 0.1) is 27.7 Å². The predicted molar refractivity (Wildman–Crippen MR) is 101 cm³/mol. The minimum absolute atomic E-state index is 0.241. The van der Waals surface area contributed by atoms with Crippen molar-refractivity contribution < 1.29 is 14.3 Å². The quantitative estimate of drug-likeness (QED) is 0.776. The maximum Gasteiger partial charge on any atom is 0.319 e. The van der Waals surface area contributed by atoms with Gasteiger partial charge in [0.1, 0.15) is 6.61 Å².